The third-order valence-corrected chi connectivity index (χ3v) is 5.80. The fourth-order valence-corrected chi connectivity index (χ4v) is 3.73. The summed E-state index contributed by atoms with van der Waals surface area (Å²) in [5.74, 6) is -0.983. The van der Waals surface area contributed by atoms with Crippen molar-refractivity contribution in [3.05, 3.63) is 45.2 Å². The number of pyridine rings is 1. The standard InChI is InChI=1S/C13H10ClF3N2O3S2/c1-7(9-4-5-10(14)23-9)19-11(20)8-3-2-6-18-12(8)24(21,22)13(15,16)17/h2-7H,1H3,(H,19,20). The summed E-state index contributed by atoms with van der Waals surface area (Å²) in [4.78, 5) is 16.1. The molecule has 130 valence electrons. The van der Waals surface area contributed by atoms with Gasteiger partial charge in [-0.05, 0) is 31.2 Å². The van der Waals surface area contributed by atoms with E-state index in [-0.39, 0.29) is 0 Å². The van der Waals surface area contributed by atoms with Gasteiger partial charge in [0, 0.05) is 11.1 Å². The van der Waals surface area contributed by atoms with Crippen LogP contribution >= 0.6 is 22.9 Å². The minimum absolute atomic E-state index is 0.479. The van der Waals surface area contributed by atoms with Crippen LogP contribution < -0.4 is 5.32 Å². The van der Waals surface area contributed by atoms with Crippen LogP contribution in [-0.4, -0.2) is 24.8 Å². The van der Waals surface area contributed by atoms with Crippen molar-refractivity contribution in [1.82, 2.24) is 10.3 Å². The zero-order valence-electron chi connectivity index (χ0n) is 12.0. The molecular weight excluding hydrogens is 389 g/mol. The predicted molar refractivity (Wildman–Crippen MR) is 82.7 cm³/mol. The third kappa shape index (κ3) is 3.70. The van der Waals surface area contributed by atoms with E-state index in [9.17, 15) is 26.4 Å². The number of alkyl halides is 3. The largest absolute Gasteiger partial charge is 0.503 e. The Balaban J connectivity index is 2.35. The van der Waals surface area contributed by atoms with E-state index in [1.165, 1.54) is 17.4 Å². The Hall–Kier alpha value is -1.65. The monoisotopic (exact) mass is 398 g/mol. The number of rotatable bonds is 4. The summed E-state index contributed by atoms with van der Waals surface area (Å²) in [6.45, 7) is 1.59. The first-order chi connectivity index (χ1) is 11.0. The summed E-state index contributed by atoms with van der Waals surface area (Å²) in [6.07, 6.45) is 0.873. The van der Waals surface area contributed by atoms with E-state index >= 15 is 0 Å². The topological polar surface area (TPSA) is 76.1 Å². The maximum Gasteiger partial charge on any atom is 0.503 e. The number of halogens is 4. The lowest BCUT2D eigenvalue weighted by atomic mass is 10.2. The first kappa shape index (κ1) is 18.7. The molecule has 0 radical (unpaired) electrons. The maximum absolute atomic E-state index is 12.7. The van der Waals surface area contributed by atoms with Crippen LogP contribution in [0.3, 0.4) is 0 Å². The maximum atomic E-state index is 12.7. The highest BCUT2D eigenvalue weighted by molar-refractivity contribution is 7.92. The van der Waals surface area contributed by atoms with Gasteiger partial charge in [-0.1, -0.05) is 11.6 Å². The van der Waals surface area contributed by atoms with Gasteiger partial charge in [0.15, 0.2) is 5.03 Å². The minimum Gasteiger partial charge on any atom is -0.345 e. The third-order valence-electron chi connectivity index (χ3n) is 2.94. The lowest BCUT2D eigenvalue weighted by molar-refractivity contribution is -0.0438. The molecule has 1 atom stereocenters. The van der Waals surface area contributed by atoms with Gasteiger partial charge in [-0.3, -0.25) is 4.79 Å². The van der Waals surface area contributed by atoms with Crippen molar-refractivity contribution >= 4 is 38.7 Å². The lowest BCUT2D eigenvalue weighted by Crippen LogP contribution is -2.31. The molecule has 2 aromatic heterocycles. The van der Waals surface area contributed by atoms with Crippen molar-refractivity contribution in [3.8, 4) is 0 Å². The lowest BCUT2D eigenvalue weighted by Gasteiger charge is -2.15. The highest BCUT2D eigenvalue weighted by Crippen LogP contribution is 2.31. The van der Waals surface area contributed by atoms with Crippen molar-refractivity contribution in [2.75, 3.05) is 0 Å². The predicted octanol–water partition coefficient (Wildman–Crippen LogP) is 3.58. The van der Waals surface area contributed by atoms with Gasteiger partial charge in [0.05, 0.1) is 15.9 Å². The van der Waals surface area contributed by atoms with E-state index in [4.69, 9.17) is 11.6 Å². The normalized spacial score (nSPS) is 13.5. The number of hydrogen-bond donors (Lipinski definition) is 1. The molecule has 2 heterocycles. The van der Waals surface area contributed by atoms with E-state index < -0.39 is 37.9 Å². The molecule has 0 fully saturated rings. The molecule has 11 heteroatoms. The van der Waals surface area contributed by atoms with Crippen LogP contribution in [0.2, 0.25) is 4.34 Å². The minimum atomic E-state index is -5.74. The smallest absolute Gasteiger partial charge is 0.345 e. The van der Waals surface area contributed by atoms with E-state index in [2.05, 4.69) is 10.3 Å². The van der Waals surface area contributed by atoms with Gasteiger partial charge in [-0.15, -0.1) is 11.3 Å². The van der Waals surface area contributed by atoms with Crippen LogP contribution in [0.4, 0.5) is 13.2 Å². The van der Waals surface area contributed by atoms with Crippen LogP contribution in [0.25, 0.3) is 0 Å². The molecule has 1 N–H and O–H groups in total. The quantitative estimate of drug-likeness (QED) is 0.854. The van der Waals surface area contributed by atoms with Crippen LogP contribution in [0.1, 0.15) is 28.2 Å². The summed E-state index contributed by atoms with van der Waals surface area (Å²) >= 11 is 6.97. The fourth-order valence-electron chi connectivity index (χ4n) is 1.79. The van der Waals surface area contributed by atoms with Gasteiger partial charge < -0.3 is 5.32 Å². The summed E-state index contributed by atoms with van der Waals surface area (Å²) in [5, 5.41) is 1.10. The molecule has 0 spiro atoms. The summed E-state index contributed by atoms with van der Waals surface area (Å²) in [6, 6.07) is 4.82. The van der Waals surface area contributed by atoms with Gasteiger partial charge in [0.2, 0.25) is 0 Å². The molecule has 0 aliphatic rings. The van der Waals surface area contributed by atoms with Gasteiger partial charge in [0.25, 0.3) is 15.7 Å². The molecule has 1 unspecified atom stereocenters. The molecule has 0 aromatic carbocycles. The molecule has 0 saturated carbocycles. The molecule has 0 aliphatic carbocycles. The van der Waals surface area contributed by atoms with Crippen LogP contribution in [0.5, 0.6) is 0 Å². The first-order valence-electron chi connectivity index (χ1n) is 6.36. The number of amides is 1. The average molecular weight is 399 g/mol. The van der Waals surface area contributed by atoms with E-state index in [0.29, 0.717) is 9.21 Å². The summed E-state index contributed by atoms with van der Waals surface area (Å²) < 4.78 is 61.8. The Morgan fingerprint density at radius 3 is 2.54 bits per heavy atom. The molecular formula is C13H10ClF3N2O3S2. The second kappa shape index (κ2) is 6.69. The summed E-state index contributed by atoms with van der Waals surface area (Å²) in [7, 11) is -5.74. The van der Waals surface area contributed by atoms with Crippen molar-refractivity contribution in [2.24, 2.45) is 0 Å². The zero-order chi connectivity index (χ0) is 18.1. The molecule has 0 aliphatic heterocycles. The molecule has 2 rings (SSSR count). The molecule has 5 nitrogen and oxygen atoms in total. The number of aromatic nitrogens is 1. The number of thiophene rings is 1. The van der Waals surface area contributed by atoms with E-state index in [1.807, 2.05) is 0 Å². The van der Waals surface area contributed by atoms with Crippen molar-refractivity contribution in [2.45, 2.75) is 23.5 Å². The molecule has 0 bridgehead atoms. The van der Waals surface area contributed by atoms with Crippen molar-refractivity contribution < 1.29 is 26.4 Å². The highest BCUT2D eigenvalue weighted by atomic mass is 35.5. The van der Waals surface area contributed by atoms with E-state index in [1.54, 1.807) is 19.1 Å². The van der Waals surface area contributed by atoms with Crippen LogP contribution in [-0.2, 0) is 9.84 Å². The zero-order valence-corrected chi connectivity index (χ0v) is 14.4. The van der Waals surface area contributed by atoms with Crippen molar-refractivity contribution in [1.29, 1.82) is 0 Å². The highest BCUT2D eigenvalue weighted by Gasteiger charge is 2.49. The second-order valence-electron chi connectivity index (χ2n) is 4.64. The SMILES string of the molecule is CC(NC(=O)c1cccnc1S(=O)(=O)C(F)(F)F)c1ccc(Cl)s1. The van der Waals surface area contributed by atoms with Crippen LogP contribution in [0, 0.1) is 0 Å². The van der Waals surface area contributed by atoms with Gasteiger partial charge >= 0.3 is 5.51 Å². The number of nitrogens with one attached hydrogen (secondary N) is 1. The fraction of sp³-hybridized carbons (Fsp3) is 0.231. The Morgan fingerprint density at radius 2 is 2.00 bits per heavy atom. The number of sulfone groups is 1. The Morgan fingerprint density at radius 1 is 1.33 bits per heavy atom. The summed E-state index contributed by atoms with van der Waals surface area (Å²) in [5.41, 5.74) is -6.23. The van der Waals surface area contributed by atoms with Crippen LogP contribution in [0.15, 0.2) is 35.5 Å². The molecule has 0 saturated heterocycles. The molecule has 2 aromatic rings. The number of nitrogens with zero attached hydrogens (tertiary/aromatic N) is 1. The Labute approximate surface area is 144 Å². The number of carbonyl (C=O) groups is 1. The van der Waals surface area contributed by atoms with Gasteiger partial charge in [0.1, 0.15) is 0 Å². The molecule has 1 amide bonds. The Kier molecular flexibility index (Phi) is 5.21. The Bertz CT molecular complexity index is 865. The second-order valence-corrected chi connectivity index (χ2v) is 8.25. The first-order valence-corrected chi connectivity index (χ1v) is 9.04. The van der Waals surface area contributed by atoms with Gasteiger partial charge in [-0.25, -0.2) is 13.4 Å². The van der Waals surface area contributed by atoms with Crippen molar-refractivity contribution in [3.63, 3.8) is 0 Å². The molecule has 24 heavy (non-hydrogen) atoms. The average Bonchev–Trinajstić information content (AvgIpc) is 2.92. The van der Waals surface area contributed by atoms with Gasteiger partial charge in [-0.2, -0.15) is 13.2 Å². The van der Waals surface area contributed by atoms with E-state index in [0.717, 1.165) is 12.3 Å². The number of carbonyl (C=O) groups excluding carboxylic acids is 1. The number of hydrogen-bond acceptors (Lipinski definition) is 5.